The molecule has 1 aromatic heterocycles. The van der Waals surface area contributed by atoms with Crippen molar-refractivity contribution in [2.45, 2.75) is 19.6 Å². The summed E-state index contributed by atoms with van der Waals surface area (Å²) in [5, 5.41) is 10.00. The molecule has 2 rings (SSSR count). The van der Waals surface area contributed by atoms with E-state index < -0.39 is 17.4 Å². The summed E-state index contributed by atoms with van der Waals surface area (Å²) < 4.78 is 0.962. The van der Waals surface area contributed by atoms with Crippen molar-refractivity contribution in [2.75, 3.05) is 0 Å². The van der Waals surface area contributed by atoms with Crippen LogP contribution >= 0.6 is 11.6 Å². The van der Waals surface area contributed by atoms with E-state index in [2.05, 4.69) is 4.98 Å². The minimum absolute atomic E-state index is 0.0450. The predicted octanol–water partition coefficient (Wildman–Crippen LogP) is 0.724. The number of rotatable bonds is 2. The molecule has 6 heteroatoms. The fraction of sp³-hybridized carbons (Fsp3) is 0.273. The lowest BCUT2D eigenvalue weighted by Gasteiger charge is -2.08. The first-order valence-electron chi connectivity index (χ1n) is 5.09. The van der Waals surface area contributed by atoms with Gasteiger partial charge in [-0.2, -0.15) is 0 Å². The van der Waals surface area contributed by atoms with Crippen molar-refractivity contribution >= 4 is 22.5 Å². The van der Waals surface area contributed by atoms with Crippen LogP contribution in [0.1, 0.15) is 6.92 Å². The largest absolute Gasteiger partial charge is 0.392 e. The molecule has 5 nitrogen and oxygen atoms in total. The van der Waals surface area contributed by atoms with Gasteiger partial charge in [-0.25, -0.2) is 4.79 Å². The Morgan fingerprint density at radius 2 is 2.18 bits per heavy atom. The number of fused-ring (bicyclic) bond motifs is 1. The summed E-state index contributed by atoms with van der Waals surface area (Å²) in [6.07, 6.45) is -0.773. The average Bonchev–Trinajstić information content (AvgIpc) is 2.25. The summed E-state index contributed by atoms with van der Waals surface area (Å²) in [4.78, 5) is 26.2. The number of nitrogens with zero attached hydrogens (tertiary/aromatic N) is 1. The van der Waals surface area contributed by atoms with Crippen LogP contribution in [0.3, 0.4) is 0 Å². The Bertz CT molecular complexity index is 672. The van der Waals surface area contributed by atoms with Crippen LogP contribution in [-0.4, -0.2) is 20.8 Å². The quantitative estimate of drug-likeness (QED) is 0.829. The molecule has 0 bridgehead atoms. The molecule has 1 unspecified atom stereocenters. The van der Waals surface area contributed by atoms with Crippen LogP contribution in [0, 0.1) is 0 Å². The first-order chi connectivity index (χ1) is 7.99. The zero-order chi connectivity index (χ0) is 12.6. The highest BCUT2D eigenvalue weighted by molar-refractivity contribution is 6.31. The molecule has 0 fully saturated rings. The molecule has 0 saturated heterocycles. The number of aromatic amines is 1. The van der Waals surface area contributed by atoms with Crippen LogP contribution in [0.25, 0.3) is 10.9 Å². The zero-order valence-corrected chi connectivity index (χ0v) is 9.86. The van der Waals surface area contributed by atoms with Gasteiger partial charge in [-0.15, -0.1) is 0 Å². The molecule has 2 aromatic rings. The Hall–Kier alpha value is -1.59. The van der Waals surface area contributed by atoms with Gasteiger partial charge in [-0.1, -0.05) is 11.6 Å². The van der Waals surface area contributed by atoms with Crippen LogP contribution in [0.2, 0.25) is 5.02 Å². The normalized spacial score (nSPS) is 12.9. The lowest BCUT2D eigenvalue weighted by molar-refractivity contribution is 0.170. The summed E-state index contributed by atoms with van der Waals surface area (Å²) in [7, 11) is 0. The molecular weight excluding hydrogens is 244 g/mol. The maximum atomic E-state index is 12.0. The van der Waals surface area contributed by atoms with Gasteiger partial charge >= 0.3 is 5.69 Å². The van der Waals surface area contributed by atoms with Crippen LogP contribution in [-0.2, 0) is 6.54 Å². The Morgan fingerprint density at radius 1 is 1.47 bits per heavy atom. The van der Waals surface area contributed by atoms with Crippen LogP contribution in [0.15, 0.2) is 27.8 Å². The summed E-state index contributed by atoms with van der Waals surface area (Å²) >= 11 is 5.80. The molecule has 0 radical (unpaired) electrons. The number of hydrogen-bond donors (Lipinski definition) is 2. The van der Waals surface area contributed by atoms with Gasteiger partial charge in [-0.05, 0) is 25.1 Å². The van der Waals surface area contributed by atoms with E-state index in [1.165, 1.54) is 13.0 Å². The molecule has 2 N–H and O–H groups in total. The van der Waals surface area contributed by atoms with E-state index in [4.69, 9.17) is 11.6 Å². The van der Waals surface area contributed by atoms with Gasteiger partial charge in [0.1, 0.15) is 0 Å². The number of aromatic nitrogens is 2. The van der Waals surface area contributed by atoms with Gasteiger partial charge in [0.2, 0.25) is 0 Å². The maximum absolute atomic E-state index is 12.0. The van der Waals surface area contributed by atoms with Gasteiger partial charge in [0.05, 0.1) is 23.6 Å². The van der Waals surface area contributed by atoms with Gasteiger partial charge in [0.25, 0.3) is 5.56 Å². The summed E-state index contributed by atoms with van der Waals surface area (Å²) in [6, 6.07) is 4.67. The number of benzene rings is 1. The van der Waals surface area contributed by atoms with Crippen molar-refractivity contribution < 1.29 is 5.11 Å². The second kappa shape index (κ2) is 4.35. The number of nitrogens with one attached hydrogen (secondary N) is 1. The van der Waals surface area contributed by atoms with Gasteiger partial charge < -0.3 is 10.1 Å². The van der Waals surface area contributed by atoms with E-state index in [0.717, 1.165) is 4.57 Å². The molecule has 1 atom stereocenters. The fourth-order valence-corrected chi connectivity index (χ4v) is 1.82. The average molecular weight is 255 g/mol. The van der Waals surface area contributed by atoms with Crippen LogP contribution in [0.4, 0.5) is 0 Å². The minimum atomic E-state index is -0.773. The highest BCUT2D eigenvalue weighted by Gasteiger charge is 2.09. The number of H-pyrrole nitrogens is 1. The lowest BCUT2D eigenvalue weighted by atomic mass is 10.2. The SMILES string of the molecule is CC(O)Cn1c(=O)[nH]c2ccc(Cl)cc2c1=O. The molecule has 0 saturated carbocycles. The molecule has 0 aliphatic rings. The molecule has 0 amide bonds. The van der Waals surface area contributed by atoms with Crippen LogP contribution in [0.5, 0.6) is 0 Å². The Kier molecular flexibility index (Phi) is 3.04. The second-order valence-electron chi connectivity index (χ2n) is 3.88. The highest BCUT2D eigenvalue weighted by Crippen LogP contribution is 2.13. The van der Waals surface area contributed by atoms with Crippen molar-refractivity contribution in [3.8, 4) is 0 Å². The van der Waals surface area contributed by atoms with Gasteiger partial charge in [-0.3, -0.25) is 9.36 Å². The van der Waals surface area contributed by atoms with Crippen molar-refractivity contribution in [3.05, 3.63) is 44.1 Å². The molecule has 17 heavy (non-hydrogen) atoms. The van der Waals surface area contributed by atoms with Crippen molar-refractivity contribution in [2.24, 2.45) is 0 Å². The molecule has 0 spiro atoms. The van der Waals surface area contributed by atoms with Crippen molar-refractivity contribution in [1.82, 2.24) is 9.55 Å². The van der Waals surface area contributed by atoms with E-state index in [9.17, 15) is 14.7 Å². The molecule has 0 aliphatic carbocycles. The molecule has 1 heterocycles. The van der Waals surface area contributed by atoms with Crippen molar-refractivity contribution in [1.29, 1.82) is 0 Å². The number of hydrogen-bond acceptors (Lipinski definition) is 3. The third-order valence-corrected chi connectivity index (χ3v) is 2.63. The first kappa shape index (κ1) is 11.9. The Labute approximate surface area is 101 Å². The molecular formula is C11H11ClN2O3. The number of aliphatic hydroxyl groups excluding tert-OH is 1. The standard InChI is InChI=1S/C11H11ClN2O3/c1-6(15)5-14-10(16)8-4-7(12)2-3-9(8)13-11(14)17/h2-4,6,15H,5H2,1H3,(H,13,17). The third-order valence-electron chi connectivity index (χ3n) is 2.39. The van der Waals surface area contributed by atoms with E-state index in [-0.39, 0.29) is 6.54 Å². The fourth-order valence-electron chi connectivity index (χ4n) is 1.65. The molecule has 0 aliphatic heterocycles. The van der Waals surface area contributed by atoms with E-state index in [0.29, 0.717) is 15.9 Å². The summed E-state index contributed by atoms with van der Waals surface area (Å²) in [6.45, 7) is 1.46. The Morgan fingerprint density at radius 3 is 2.82 bits per heavy atom. The monoisotopic (exact) mass is 254 g/mol. The third kappa shape index (κ3) is 2.25. The predicted molar refractivity (Wildman–Crippen MR) is 65.5 cm³/mol. The van der Waals surface area contributed by atoms with Gasteiger partial charge in [0, 0.05) is 5.02 Å². The highest BCUT2D eigenvalue weighted by atomic mass is 35.5. The van der Waals surface area contributed by atoms with Crippen molar-refractivity contribution in [3.63, 3.8) is 0 Å². The topological polar surface area (TPSA) is 75.1 Å². The van der Waals surface area contributed by atoms with E-state index in [1.54, 1.807) is 12.1 Å². The second-order valence-corrected chi connectivity index (χ2v) is 4.32. The zero-order valence-electron chi connectivity index (χ0n) is 9.11. The van der Waals surface area contributed by atoms with Crippen LogP contribution < -0.4 is 11.2 Å². The number of halogens is 1. The van der Waals surface area contributed by atoms with E-state index in [1.807, 2.05) is 0 Å². The lowest BCUT2D eigenvalue weighted by Crippen LogP contribution is -2.37. The maximum Gasteiger partial charge on any atom is 0.328 e. The van der Waals surface area contributed by atoms with Gasteiger partial charge in [0.15, 0.2) is 0 Å². The smallest absolute Gasteiger partial charge is 0.328 e. The summed E-state index contributed by atoms with van der Waals surface area (Å²) in [5.41, 5.74) is -0.552. The van der Waals surface area contributed by atoms with E-state index >= 15 is 0 Å². The Balaban J connectivity index is 2.78. The summed E-state index contributed by atoms with van der Waals surface area (Å²) in [5.74, 6) is 0. The molecule has 90 valence electrons. The number of aliphatic hydroxyl groups is 1. The first-order valence-corrected chi connectivity index (χ1v) is 5.47. The minimum Gasteiger partial charge on any atom is -0.392 e. The molecule has 1 aromatic carbocycles.